The number of esters is 1. The van der Waals surface area contributed by atoms with Crippen LogP contribution >= 0.6 is 0 Å². The number of ether oxygens (including phenoxy) is 1. The van der Waals surface area contributed by atoms with Crippen molar-refractivity contribution < 1.29 is 19.1 Å². The van der Waals surface area contributed by atoms with Gasteiger partial charge in [-0.15, -0.1) is 0 Å². The largest absolute Gasteiger partial charge is 0.465 e. The fourth-order valence-electron chi connectivity index (χ4n) is 1.54. The zero-order chi connectivity index (χ0) is 15.2. The number of hydrogen-bond acceptors (Lipinski definition) is 5. The summed E-state index contributed by atoms with van der Waals surface area (Å²) in [6, 6.07) is 0. The molecule has 0 aliphatic carbocycles. The van der Waals surface area contributed by atoms with Crippen LogP contribution in [0.3, 0.4) is 0 Å². The van der Waals surface area contributed by atoms with Gasteiger partial charge in [0.1, 0.15) is 6.54 Å². The van der Waals surface area contributed by atoms with E-state index < -0.39 is 5.97 Å². The molecular formula is C13H25N3O4. The third kappa shape index (κ3) is 11.5. The Morgan fingerprint density at radius 2 is 1.70 bits per heavy atom. The molecule has 0 aliphatic heterocycles. The fourth-order valence-corrected chi connectivity index (χ4v) is 1.54. The van der Waals surface area contributed by atoms with E-state index in [1.54, 1.807) is 6.92 Å². The van der Waals surface area contributed by atoms with Crippen molar-refractivity contribution in [2.75, 3.05) is 26.2 Å². The third-order valence-electron chi connectivity index (χ3n) is 2.57. The first kappa shape index (κ1) is 18.4. The highest BCUT2D eigenvalue weighted by atomic mass is 16.5. The van der Waals surface area contributed by atoms with E-state index in [1.165, 1.54) is 0 Å². The molecule has 0 rings (SSSR count). The van der Waals surface area contributed by atoms with Gasteiger partial charge in [-0.2, -0.15) is 0 Å². The molecule has 2 amide bonds. The summed E-state index contributed by atoms with van der Waals surface area (Å²) in [7, 11) is 0. The number of carbonyl (C=O) groups excluding carboxylic acids is 3. The van der Waals surface area contributed by atoms with E-state index in [1.807, 2.05) is 0 Å². The average Bonchev–Trinajstić information content (AvgIpc) is 2.44. The Hall–Kier alpha value is -1.63. The van der Waals surface area contributed by atoms with Gasteiger partial charge in [0.05, 0.1) is 13.2 Å². The molecule has 0 saturated carbocycles. The molecule has 0 fully saturated rings. The minimum absolute atomic E-state index is 0.0145. The van der Waals surface area contributed by atoms with Gasteiger partial charge in [0, 0.05) is 13.0 Å². The first-order valence-corrected chi connectivity index (χ1v) is 6.99. The van der Waals surface area contributed by atoms with Crippen LogP contribution in [0.4, 0.5) is 0 Å². The molecule has 0 heterocycles. The standard InChI is InChI=1S/C13H25N3O4/c1-2-20-13(19)10-16-11(17)7-5-3-4-6-8-15-12(18)9-14/h2-10,14H2,1H3,(H,15,18)(H,16,17). The van der Waals surface area contributed by atoms with Gasteiger partial charge in [0.2, 0.25) is 11.8 Å². The first-order valence-electron chi connectivity index (χ1n) is 6.99. The summed E-state index contributed by atoms with van der Waals surface area (Å²) in [6.07, 6.45) is 3.88. The maximum Gasteiger partial charge on any atom is 0.325 e. The van der Waals surface area contributed by atoms with Gasteiger partial charge in [-0.05, 0) is 19.8 Å². The van der Waals surface area contributed by atoms with Crippen LogP contribution in [0.1, 0.15) is 39.0 Å². The molecule has 4 N–H and O–H groups in total. The highest BCUT2D eigenvalue weighted by molar-refractivity contribution is 5.81. The Balaban J connectivity index is 3.35. The molecule has 0 atom stereocenters. The van der Waals surface area contributed by atoms with E-state index in [-0.39, 0.29) is 24.9 Å². The van der Waals surface area contributed by atoms with Crippen molar-refractivity contribution in [2.24, 2.45) is 5.73 Å². The van der Waals surface area contributed by atoms with Crippen LogP contribution in [0, 0.1) is 0 Å². The van der Waals surface area contributed by atoms with Crippen LogP contribution in [-0.4, -0.2) is 44.0 Å². The van der Waals surface area contributed by atoms with Crippen molar-refractivity contribution in [3.05, 3.63) is 0 Å². The van der Waals surface area contributed by atoms with Crippen molar-refractivity contribution in [3.8, 4) is 0 Å². The van der Waals surface area contributed by atoms with Crippen molar-refractivity contribution in [1.29, 1.82) is 0 Å². The van der Waals surface area contributed by atoms with E-state index in [0.717, 1.165) is 25.7 Å². The Morgan fingerprint density at radius 1 is 1.00 bits per heavy atom. The maximum atomic E-state index is 11.4. The van der Waals surface area contributed by atoms with Gasteiger partial charge in [-0.1, -0.05) is 12.8 Å². The quantitative estimate of drug-likeness (QED) is 0.357. The Labute approximate surface area is 119 Å². The smallest absolute Gasteiger partial charge is 0.325 e. The van der Waals surface area contributed by atoms with Gasteiger partial charge in [-0.3, -0.25) is 14.4 Å². The fraction of sp³-hybridized carbons (Fsp3) is 0.769. The van der Waals surface area contributed by atoms with Crippen LogP contribution in [0.15, 0.2) is 0 Å². The molecule has 116 valence electrons. The van der Waals surface area contributed by atoms with Gasteiger partial charge in [0.15, 0.2) is 0 Å². The second-order valence-corrected chi connectivity index (χ2v) is 4.30. The number of carbonyl (C=O) groups is 3. The molecule has 0 aromatic heterocycles. The number of hydrogen-bond donors (Lipinski definition) is 3. The molecule has 0 aromatic rings. The molecule has 0 unspecified atom stereocenters. The zero-order valence-corrected chi connectivity index (χ0v) is 12.1. The number of nitrogens with two attached hydrogens (primary N) is 1. The highest BCUT2D eigenvalue weighted by Gasteiger charge is 2.05. The summed E-state index contributed by atoms with van der Waals surface area (Å²) < 4.78 is 4.69. The van der Waals surface area contributed by atoms with Crippen molar-refractivity contribution >= 4 is 17.8 Å². The first-order chi connectivity index (χ1) is 9.60. The average molecular weight is 287 g/mol. The highest BCUT2D eigenvalue weighted by Crippen LogP contribution is 2.02. The number of rotatable bonds is 11. The summed E-state index contributed by atoms with van der Waals surface area (Å²) >= 11 is 0. The van der Waals surface area contributed by atoms with Crippen LogP contribution in [0.5, 0.6) is 0 Å². The Morgan fingerprint density at radius 3 is 2.35 bits per heavy atom. The van der Waals surface area contributed by atoms with E-state index in [9.17, 15) is 14.4 Å². The molecule has 0 spiro atoms. The summed E-state index contributed by atoms with van der Waals surface area (Å²) in [4.78, 5) is 33.2. The Kier molecular flexibility index (Phi) is 11.4. The monoisotopic (exact) mass is 287 g/mol. The summed E-state index contributed by atoms with van der Waals surface area (Å²) in [5, 5.41) is 5.19. The molecule has 0 aromatic carbocycles. The number of amides is 2. The van der Waals surface area contributed by atoms with E-state index in [4.69, 9.17) is 10.5 Å². The molecule has 0 radical (unpaired) electrons. The lowest BCUT2D eigenvalue weighted by Crippen LogP contribution is -2.31. The molecule has 0 bridgehead atoms. The minimum Gasteiger partial charge on any atom is -0.465 e. The summed E-state index contributed by atoms with van der Waals surface area (Å²) in [6.45, 7) is 2.59. The predicted octanol–water partition coefficient (Wildman–Crippen LogP) is -0.309. The topological polar surface area (TPSA) is 111 Å². The van der Waals surface area contributed by atoms with Gasteiger partial charge < -0.3 is 21.1 Å². The molecule has 7 nitrogen and oxygen atoms in total. The second-order valence-electron chi connectivity index (χ2n) is 4.30. The van der Waals surface area contributed by atoms with Gasteiger partial charge in [-0.25, -0.2) is 0 Å². The SMILES string of the molecule is CCOC(=O)CNC(=O)CCCCCCNC(=O)CN. The normalized spacial score (nSPS) is 9.90. The van der Waals surface area contributed by atoms with Crippen LogP contribution < -0.4 is 16.4 Å². The number of nitrogens with one attached hydrogen (secondary N) is 2. The van der Waals surface area contributed by atoms with Crippen LogP contribution in [0.2, 0.25) is 0 Å². The zero-order valence-electron chi connectivity index (χ0n) is 12.1. The van der Waals surface area contributed by atoms with E-state index in [2.05, 4.69) is 10.6 Å². The molecular weight excluding hydrogens is 262 g/mol. The van der Waals surface area contributed by atoms with E-state index >= 15 is 0 Å². The van der Waals surface area contributed by atoms with Crippen LogP contribution in [-0.2, 0) is 19.1 Å². The lowest BCUT2D eigenvalue weighted by atomic mass is 10.1. The van der Waals surface area contributed by atoms with Crippen LogP contribution in [0.25, 0.3) is 0 Å². The molecule has 0 aliphatic rings. The lowest BCUT2D eigenvalue weighted by Gasteiger charge is -2.05. The van der Waals surface area contributed by atoms with Gasteiger partial charge in [0.25, 0.3) is 0 Å². The predicted molar refractivity (Wildman–Crippen MR) is 74.8 cm³/mol. The third-order valence-corrected chi connectivity index (χ3v) is 2.57. The maximum absolute atomic E-state index is 11.4. The minimum atomic E-state index is -0.420. The van der Waals surface area contributed by atoms with Crippen molar-refractivity contribution in [1.82, 2.24) is 10.6 Å². The Bertz CT molecular complexity index is 308. The van der Waals surface area contributed by atoms with Gasteiger partial charge >= 0.3 is 5.97 Å². The molecule has 7 heteroatoms. The lowest BCUT2D eigenvalue weighted by molar-refractivity contribution is -0.143. The summed E-state index contributed by atoms with van der Waals surface area (Å²) in [5.41, 5.74) is 5.15. The van der Waals surface area contributed by atoms with E-state index in [0.29, 0.717) is 19.6 Å². The summed E-state index contributed by atoms with van der Waals surface area (Å²) in [5.74, 6) is -0.714. The van der Waals surface area contributed by atoms with Crippen molar-refractivity contribution in [3.63, 3.8) is 0 Å². The van der Waals surface area contributed by atoms with Crippen molar-refractivity contribution in [2.45, 2.75) is 39.0 Å². The molecule has 20 heavy (non-hydrogen) atoms. The molecule has 0 saturated heterocycles. The number of unbranched alkanes of at least 4 members (excludes halogenated alkanes) is 3. The second kappa shape index (κ2) is 12.4.